The van der Waals surface area contributed by atoms with Gasteiger partial charge in [-0.25, -0.2) is 0 Å². The summed E-state index contributed by atoms with van der Waals surface area (Å²) in [5.41, 5.74) is 2.94. The highest BCUT2D eigenvalue weighted by Gasteiger charge is 2.20. The van der Waals surface area contributed by atoms with Crippen molar-refractivity contribution in [3.05, 3.63) is 29.3 Å². The molecule has 2 aliphatic carbocycles. The fourth-order valence-corrected chi connectivity index (χ4v) is 4.33. The minimum absolute atomic E-state index is 0.102. The lowest BCUT2D eigenvalue weighted by Gasteiger charge is -2.25. The lowest BCUT2D eigenvalue weighted by atomic mass is 9.87. The van der Waals surface area contributed by atoms with Crippen LogP contribution in [0.1, 0.15) is 43.2 Å². The molecule has 0 aromatic heterocycles. The van der Waals surface area contributed by atoms with Crippen LogP contribution >= 0.6 is 11.8 Å². The second-order valence-corrected chi connectivity index (χ2v) is 7.61. The number of hydrogen-bond donors (Lipinski definition) is 2. The average Bonchev–Trinajstić information content (AvgIpc) is 2.98. The molecule has 1 fully saturated rings. The molecule has 2 N–H and O–H groups in total. The summed E-state index contributed by atoms with van der Waals surface area (Å²) in [6.45, 7) is 0.709. The second-order valence-electron chi connectivity index (χ2n) is 6.56. The normalized spacial score (nSPS) is 24.0. The van der Waals surface area contributed by atoms with Gasteiger partial charge in [0.2, 0.25) is 5.91 Å². The molecular weight excluding hydrogens is 294 g/mol. The zero-order valence-electron chi connectivity index (χ0n) is 13.0. The second kappa shape index (κ2) is 7.51. The predicted molar refractivity (Wildman–Crippen MR) is 90.2 cm³/mol. The molecule has 3 rings (SSSR count). The lowest BCUT2D eigenvalue weighted by Crippen LogP contribution is -2.33. The van der Waals surface area contributed by atoms with Gasteiger partial charge >= 0.3 is 0 Å². The van der Waals surface area contributed by atoms with Gasteiger partial charge in [-0.2, -0.15) is 0 Å². The maximum atomic E-state index is 12.0. The monoisotopic (exact) mass is 319 g/mol. The van der Waals surface area contributed by atoms with Crippen molar-refractivity contribution in [1.29, 1.82) is 0 Å². The Kier molecular flexibility index (Phi) is 5.42. The summed E-state index contributed by atoms with van der Waals surface area (Å²) in [4.78, 5) is 13.2. The molecule has 0 heterocycles. The summed E-state index contributed by atoms with van der Waals surface area (Å²) < 4.78 is 0. The molecule has 2 aliphatic rings. The summed E-state index contributed by atoms with van der Waals surface area (Å²) in [5, 5.41) is 12.7. The zero-order valence-corrected chi connectivity index (χ0v) is 13.8. The number of thioether (sulfide) groups is 1. The first-order valence-corrected chi connectivity index (χ1v) is 9.38. The van der Waals surface area contributed by atoms with E-state index in [0.29, 0.717) is 18.2 Å². The van der Waals surface area contributed by atoms with Gasteiger partial charge in [-0.3, -0.25) is 4.79 Å². The number of benzene rings is 1. The fraction of sp³-hybridized carbons (Fsp3) is 0.611. The Hall–Kier alpha value is -1.00. The molecule has 0 spiro atoms. The van der Waals surface area contributed by atoms with Gasteiger partial charge in [0.15, 0.2) is 0 Å². The third kappa shape index (κ3) is 4.26. The first kappa shape index (κ1) is 15.9. The van der Waals surface area contributed by atoms with E-state index in [4.69, 9.17) is 0 Å². The maximum Gasteiger partial charge on any atom is 0.230 e. The van der Waals surface area contributed by atoms with Crippen molar-refractivity contribution in [3.8, 4) is 0 Å². The van der Waals surface area contributed by atoms with E-state index in [0.717, 1.165) is 25.7 Å². The Morgan fingerprint density at radius 1 is 1.23 bits per heavy atom. The van der Waals surface area contributed by atoms with Crippen molar-refractivity contribution >= 4 is 17.7 Å². The molecule has 1 aromatic rings. The maximum absolute atomic E-state index is 12.0. The van der Waals surface area contributed by atoms with Gasteiger partial charge in [0.05, 0.1) is 11.9 Å². The Balaban J connectivity index is 1.40. The largest absolute Gasteiger partial charge is 0.393 e. The van der Waals surface area contributed by atoms with Crippen molar-refractivity contribution in [2.24, 2.45) is 5.92 Å². The summed E-state index contributed by atoms with van der Waals surface area (Å²) in [6.07, 6.45) is 7.42. The third-order valence-electron chi connectivity index (χ3n) is 4.78. The van der Waals surface area contributed by atoms with E-state index in [1.165, 1.54) is 35.3 Å². The van der Waals surface area contributed by atoms with E-state index in [9.17, 15) is 9.90 Å². The highest BCUT2D eigenvalue weighted by molar-refractivity contribution is 8.00. The van der Waals surface area contributed by atoms with E-state index in [-0.39, 0.29) is 12.0 Å². The van der Waals surface area contributed by atoms with Crippen LogP contribution < -0.4 is 5.32 Å². The van der Waals surface area contributed by atoms with Crippen molar-refractivity contribution in [2.75, 3.05) is 12.3 Å². The average molecular weight is 319 g/mol. The number of aliphatic hydroxyl groups is 1. The van der Waals surface area contributed by atoms with E-state index < -0.39 is 0 Å². The van der Waals surface area contributed by atoms with Crippen molar-refractivity contribution in [2.45, 2.75) is 55.9 Å². The SMILES string of the molecule is O=C(CSc1ccc2c(c1)CCC2)NCC1CCCC(O)C1. The number of aliphatic hydroxyl groups excluding tert-OH is 1. The molecule has 22 heavy (non-hydrogen) atoms. The number of carbonyl (C=O) groups excluding carboxylic acids is 1. The van der Waals surface area contributed by atoms with Crippen LogP contribution in [-0.2, 0) is 17.6 Å². The molecule has 1 aromatic carbocycles. The number of aryl methyl sites for hydroxylation is 2. The van der Waals surface area contributed by atoms with Gasteiger partial charge in [0.1, 0.15) is 0 Å². The number of hydrogen-bond acceptors (Lipinski definition) is 3. The Morgan fingerprint density at radius 3 is 2.95 bits per heavy atom. The molecule has 0 aliphatic heterocycles. The number of rotatable bonds is 5. The molecule has 2 atom stereocenters. The van der Waals surface area contributed by atoms with Gasteiger partial charge in [-0.15, -0.1) is 11.8 Å². The van der Waals surface area contributed by atoms with Crippen molar-refractivity contribution < 1.29 is 9.90 Å². The number of carbonyl (C=O) groups is 1. The van der Waals surface area contributed by atoms with Crippen LogP contribution in [0.4, 0.5) is 0 Å². The third-order valence-corrected chi connectivity index (χ3v) is 5.78. The molecule has 120 valence electrons. The topological polar surface area (TPSA) is 49.3 Å². The van der Waals surface area contributed by atoms with Crippen LogP contribution in [0.3, 0.4) is 0 Å². The Bertz CT molecular complexity index is 532. The Morgan fingerprint density at radius 2 is 2.09 bits per heavy atom. The highest BCUT2D eigenvalue weighted by atomic mass is 32.2. The Labute approximate surface area is 136 Å². The minimum atomic E-state index is -0.170. The fourth-order valence-electron chi connectivity index (χ4n) is 3.54. The lowest BCUT2D eigenvalue weighted by molar-refractivity contribution is -0.118. The van der Waals surface area contributed by atoms with Gasteiger partial charge in [0, 0.05) is 11.4 Å². The molecule has 2 unspecified atom stereocenters. The molecular formula is C18H25NO2S. The van der Waals surface area contributed by atoms with Gasteiger partial charge in [-0.05, 0) is 67.7 Å². The van der Waals surface area contributed by atoms with Gasteiger partial charge < -0.3 is 10.4 Å². The molecule has 0 radical (unpaired) electrons. The van der Waals surface area contributed by atoms with Gasteiger partial charge in [0.25, 0.3) is 0 Å². The summed E-state index contributed by atoms with van der Waals surface area (Å²) >= 11 is 1.62. The molecule has 1 saturated carbocycles. The van der Waals surface area contributed by atoms with E-state index in [1.807, 2.05) is 0 Å². The molecule has 1 amide bonds. The van der Waals surface area contributed by atoms with E-state index in [2.05, 4.69) is 23.5 Å². The first-order valence-electron chi connectivity index (χ1n) is 8.40. The van der Waals surface area contributed by atoms with Crippen LogP contribution in [0.2, 0.25) is 0 Å². The minimum Gasteiger partial charge on any atom is -0.393 e. The predicted octanol–water partition coefficient (Wildman–Crippen LogP) is 2.93. The standard InChI is InChI=1S/C18H25NO2S/c20-16-6-1-3-13(9-16)11-19-18(21)12-22-17-8-7-14-4-2-5-15(14)10-17/h7-8,10,13,16,20H,1-6,9,11-12H2,(H,19,21). The van der Waals surface area contributed by atoms with Crippen LogP contribution in [-0.4, -0.2) is 29.4 Å². The molecule has 0 saturated heterocycles. The smallest absolute Gasteiger partial charge is 0.230 e. The molecule has 3 nitrogen and oxygen atoms in total. The summed E-state index contributed by atoms with van der Waals surface area (Å²) in [7, 11) is 0. The van der Waals surface area contributed by atoms with Crippen LogP contribution in [0.5, 0.6) is 0 Å². The van der Waals surface area contributed by atoms with Gasteiger partial charge in [-0.1, -0.05) is 12.5 Å². The van der Waals surface area contributed by atoms with E-state index in [1.54, 1.807) is 11.8 Å². The number of nitrogens with one attached hydrogen (secondary N) is 1. The number of fused-ring (bicyclic) bond motifs is 1. The number of amides is 1. The van der Waals surface area contributed by atoms with Crippen LogP contribution in [0.25, 0.3) is 0 Å². The first-order chi connectivity index (χ1) is 10.7. The zero-order chi connectivity index (χ0) is 15.4. The van der Waals surface area contributed by atoms with Crippen molar-refractivity contribution in [1.82, 2.24) is 5.32 Å². The van der Waals surface area contributed by atoms with E-state index >= 15 is 0 Å². The quantitative estimate of drug-likeness (QED) is 0.821. The highest BCUT2D eigenvalue weighted by Crippen LogP contribution is 2.27. The summed E-state index contributed by atoms with van der Waals surface area (Å²) in [5.74, 6) is 1.02. The van der Waals surface area contributed by atoms with Crippen molar-refractivity contribution in [3.63, 3.8) is 0 Å². The van der Waals surface area contributed by atoms with Crippen LogP contribution in [0.15, 0.2) is 23.1 Å². The molecule has 0 bridgehead atoms. The summed E-state index contributed by atoms with van der Waals surface area (Å²) in [6, 6.07) is 6.60. The molecule has 4 heteroatoms. The van der Waals surface area contributed by atoms with Crippen LogP contribution in [0, 0.1) is 5.92 Å².